The van der Waals surface area contributed by atoms with Crippen LogP contribution in [0.1, 0.15) is 11.3 Å². The van der Waals surface area contributed by atoms with E-state index >= 15 is 0 Å². The number of benzene rings is 1. The highest BCUT2D eigenvalue weighted by Crippen LogP contribution is 2.33. The molecule has 8 heteroatoms. The highest BCUT2D eigenvalue weighted by atomic mass is 19.4. The molecule has 0 amide bonds. The van der Waals surface area contributed by atoms with Crippen molar-refractivity contribution in [2.24, 2.45) is 7.05 Å². The molecule has 0 fully saturated rings. The fourth-order valence-electron chi connectivity index (χ4n) is 1.69. The number of halogens is 5. The van der Waals surface area contributed by atoms with E-state index in [1.54, 1.807) is 0 Å². The molecule has 1 aromatic heterocycles. The van der Waals surface area contributed by atoms with Crippen LogP contribution in [0.3, 0.4) is 0 Å². The standard InChI is InChI=1S/C12H6F5N3/c1-20-11(12(15,16)17)4-10(19-20)7-3-8(13)6(5-18)2-9(7)14/h2-4H,1H3. The van der Waals surface area contributed by atoms with E-state index in [1.165, 1.54) is 6.07 Å². The second-order valence-corrected chi connectivity index (χ2v) is 3.96. The zero-order valence-electron chi connectivity index (χ0n) is 9.96. The zero-order chi connectivity index (χ0) is 15.1. The molecule has 0 aliphatic rings. The maximum absolute atomic E-state index is 13.7. The molecular weight excluding hydrogens is 281 g/mol. The van der Waals surface area contributed by atoms with Gasteiger partial charge in [-0.1, -0.05) is 0 Å². The van der Waals surface area contributed by atoms with Gasteiger partial charge in [-0.15, -0.1) is 0 Å². The molecule has 0 saturated heterocycles. The number of alkyl halides is 3. The fourth-order valence-corrected chi connectivity index (χ4v) is 1.69. The Balaban J connectivity index is 2.59. The molecule has 2 aromatic rings. The highest BCUT2D eigenvalue weighted by Gasteiger charge is 2.35. The van der Waals surface area contributed by atoms with Gasteiger partial charge in [-0.3, -0.25) is 4.68 Å². The second kappa shape index (κ2) is 4.59. The minimum absolute atomic E-state index is 0.360. The Morgan fingerprint density at radius 1 is 1.15 bits per heavy atom. The molecule has 0 spiro atoms. The van der Waals surface area contributed by atoms with Gasteiger partial charge in [0.2, 0.25) is 0 Å². The van der Waals surface area contributed by atoms with Crippen molar-refractivity contribution < 1.29 is 22.0 Å². The van der Waals surface area contributed by atoms with Crippen LogP contribution in [0.5, 0.6) is 0 Å². The summed E-state index contributed by atoms with van der Waals surface area (Å²) < 4.78 is 65.4. The van der Waals surface area contributed by atoms with Crippen LogP contribution in [0.2, 0.25) is 0 Å². The van der Waals surface area contributed by atoms with Gasteiger partial charge in [0.1, 0.15) is 23.4 Å². The molecule has 0 unspecified atom stereocenters. The molecule has 104 valence electrons. The number of aryl methyl sites for hydroxylation is 1. The first-order valence-electron chi connectivity index (χ1n) is 5.24. The third-order valence-electron chi connectivity index (χ3n) is 2.62. The SMILES string of the molecule is Cn1nc(-c2cc(F)c(C#N)cc2F)cc1C(F)(F)F. The van der Waals surface area contributed by atoms with E-state index in [9.17, 15) is 22.0 Å². The van der Waals surface area contributed by atoms with Crippen LogP contribution < -0.4 is 0 Å². The lowest BCUT2D eigenvalue weighted by Crippen LogP contribution is -2.11. The van der Waals surface area contributed by atoms with Crippen molar-refractivity contribution in [2.75, 3.05) is 0 Å². The maximum Gasteiger partial charge on any atom is 0.433 e. The van der Waals surface area contributed by atoms with Gasteiger partial charge in [0.25, 0.3) is 0 Å². The van der Waals surface area contributed by atoms with E-state index in [2.05, 4.69) is 5.10 Å². The Labute approximate surface area is 109 Å². The van der Waals surface area contributed by atoms with Gasteiger partial charge >= 0.3 is 6.18 Å². The first-order chi connectivity index (χ1) is 9.24. The largest absolute Gasteiger partial charge is 0.433 e. The molecule has 0 bridgehead atoms. The summed E-state index contributed by atoms with van der Waals surface area (Å²) in [6, 6.07) is 3.32. The van der Waals surface area contributed by atoms with Crippen LogP contribution in [0, 0.1) is 23.0 Å². The monoisotopic (exact) mass is 287 g/mol. The maximum atomic E-state index is 13.7. The van der Waals surface area contributed by atoms with Crippen LogP contribution in [0.4, 0.5) is 22.0 Å². The number of nitrogens with zero attached hydrogens (tertiary/aromatic N) is 3. The van der Waals surface area contributed by atoms with E-state index in [0.29, 0.717) is 22.9 Å². The summed E-state index contributed by atoms with van der Waals surface area (Å²) in [6.45, 7) is 0. The lowest BCUT2D eigenvalue weighted by molar-refractivity contribution is -0.143. The molecule has 20 heavy (non-hydrogen) atoms. The molecule has 0 atom stereocenters. The Morgan fingerprint density at radius 3 is 2.30 bits per heavy atom. The van der Waals surface area contributed by atoms with Crippen molar-refractivity contribution >= 4 is 0 Å². The zero-order valence-corrected chi connectivity index (χ0v) is 9.96. The average Bonchev–Trinajstić information content (AvgIpc) is 2.73. The van der Waals surface area contributed by atoms with Gasteiger partial charge in [-0.25, -0.2) is 8.78 Å². The van der Waals surface area contributed by atoms with Crippen molar-refractivity contribution in [2.45, 2.75) is 6.18 Å². The molecular formula is C12H6F5N3. The van der Waals surface area contributed by atoms with Crippen molar-refractivity contribution in [3.8, 4) is 17.3 Å². The third kappa shape index (κ3) is 2.34. The van der Waals surface area contributed by atoms with Gasteiger partial charge in [0, 0.05) is 12.6 Å². The van der Waals surface area contributed by atoms with Crippen molar-refractivity contribution in [1.82, 2.24) is 9.78 Å². The predicted octanol–water partition coefficient (Wildman–Crippen LogP) is 3.26. The Hall–Kier alpha value is -2.43. The van der Waals surface area contributed by atoms with Crippen molar-refractivity contribution in [3.05, 3.63) is 41.1 Å². The van der Waals surface area contributed by atoms with E-state index in [0.717, 1.165) is 7.05 Å². The molecule has 0 saturated carbocycles. The van der Waals surface area contributed by atoms with Crippen LogP contribution in [-0.2, 0) is 13.2 Å². The summed E-state index contributed by atoms with van der Waals surface area (Å²) >= 11 is 0. The summed E-state index contributed by atoms with van der Waals surface area (Å²) in [4.78, 5) is 0. The minimum atomic E-state index is -4.65. The number of aromatic nitrogens is 2. The quantitative estimate of drug-likeness (QED) is 0.755. The van der Waals surface area contributed by atoms with Gasteiger partial charge in [0.15, 0.2) is 0 Å². The highest BCUT2D eigenvalue weighted by molar-refractivity contribution is 5.62. The lowest BCUT2D eigenvalue weighted by Gasteiger charge is -2.04. The van der Waals surface area contributed by atoms with E-state index in [1.807, 2.05) is 0 Å². The first-order valence-corrected chi connectivity index (χ1v) is 5.24. The molecule has 0 radical (unpaired) electrons. The first kappa shape index (κ1) is 14.0. The summed E-state index contributed by atoms with van der Waals surface area (Å²) in [5.41, 5.74) is -2.41. The molecule has 0 aliphatic carbocycles. The number of rotatable bonds is 1. The molecule has 1 heterocycles. The smallest absolute Gasteiger partial charge is 0.263 e. The molecule has 0 N–H and O–H groups in total. The summed E-state index contributed by atoms with van der Waals surface area (Å²) in [5, 5.41) is 12.0. The molecule has 1 aromatic carbocycles. The normalized spacial score (nSPS) is 11.4. The van der Waals surface area contributed by atoms with Crippen LogP contribution in [0.15, 0.2) is 18.2 Å². The summed E-state index contributed by atoms with van der Waals surface area (Å²) in [5.74, 6) is -2.04. The van der Waals surface area contributed by atoms with Gasteiger partial charge in [-0.2, -0.15) is 23.5 Å². The average molecular weight is 287 g/mol. The minimum Gasteiger partial charge on any atom is -0.263 e. The summed E-state index contributed by atoms with van der Waals surface area (Å²) in [6.07, 6.45) is -4.65. The van der Waals surface area contributed by atoms with Crippen LogP contribution in [0.25, 0.3) is 11.3 Å². The van der Waals surface area contributed by atoms with E-state index in [-0.39, 0.29) is 5.69 Å². The fraction of sp³-hybridized carbons (Fsp3) is 0.167. The predicted molar refractivity (Wildman–Crippen MR) is 58.3 cm³/mol. The van der Waals surface area contributed by atoms with E-state index in [4.69, 9.17) is 5.26 Å². The number of hydrogen-bond acceptors (Lipinski definition) is 2. The number of hydrogen-bond donors (Lipinski definition) is 0. The summed E-state index contributed by atoms with van der Waals surface area (Å²) in [7, 11) is 1.05. The Bertz CT molecular complexity index is 709. The molecule has 3 nitrogen and oxygen atoms in total. The van der Waals surface area contributed by atoms with Gasteiger partial charge in [-0.05, 0) is 18.2 Å². The van der Waals surface area contributed by atoms with Gasteiger partial charge < -0.3 is 0 Å². The Kier molecular flexibility index (Phi) is 3.21. The lowest BCUT2D eigenvalue weighted by atomic mass is 10.1. The third-order valence-corrected chi connectivity index (χ3v) is 2.62. The van der Waals surface area contributed by atoms with Gasteiger partial charge in [0.05, 0.1) is 11.3 Å². The second-order valence-electron chi connectivity index (χ2n) is 3.96. The van der Waals surface area contributed by atoms with E-state index < -0.39 is 34.6 Å². The topological polar surface area (TPSA) is 41.6 Å². The molecule has 0 aliphatic heterocycles. The van der Waals surface area contributed by atoms with Crippen molar-refractivity contribution in [1.29, 1.82) is 5.26 Å². The van der Waals surface area contributed by atoms with Crippen LogP contribution in [-0.4, -0.2) is 9.78 Å². The van der Waals surface area contributed by atoms with Crippen LogP contribution >= 0.6 is 0 Å². The Morgan fingerprint density at radius 2 is 1.80 bits per heavy atom. The van der Waals surface area contributed by atoms with Crippen molar-refractivity contribution in [3.63, 3.8) is 0 Å². The number of nitriles is 1. The molecule has 2 rings (SSSR count).